The van der Waals surface area contributed by atoms with E-state index in [1.165, 1.54) is 0 Å². The van der Waals surface area contributed by atoms with E-state index in [0.29, 0.717) is 23.9 Å². The molecule has 2 aromatic rings. The van der Waals surface area contributed by atoms with Gasteiger partial charge in [-0.3, -0.25) is 0 Å². The molecule has 0 radical (unpaired) electrons. The number of phenolic OH excluding ortho intramolecular Hbond substituents is 1. The molecule has 0 unspecified atom stereocenters. The van der Waals surface area contributed by atoms with Crippen molar-refractivity contribution in [1.29, 1.82) is 0 Å². The van der Waals surface area contributed by atoms with Gasteiger partial charge in [0.2, 0.25) is 0 Å². The zero-order valence-corrected chi connectivity index (χ0v) is 14.3. The first-order valence-corrected chi connectivity index (χ1v) is 7.82. The van der Waals surface area contributed by atoms with Gasteiger partial charge in [-0.05, 0) is 48.0 Å². The van der Waals surface area contributed by atoms with E-state index in [4.69, 9.17) is 16.3 Å². The molecule has 0 aromatic heterocycles. The Balaban J connectivity index is 2.25. The topological polar surface area (TPSA) is 41.5 Å². The number of phenols is 1. The van der Waals surface area contributed by atoms with Gasteiger partial charge < -0.3 is 15.2 Å². The van der Waals surface area contributed by atoms with Crippen molar-refractivity contribution in [3.8, 4) is 11.5 Å². The number of anilines is 1. The number of benzene rings is 2. The molecule has 5 heteroatoms. The van der Waals surface area contributed by atoms with Gasteiger partial charge in [-0.25, -0.2) is 0 Å². The minimum Gasteiger partial charge on any atom is -0.508 e. The molecule has 2 aromatic carbocycles. The summed E-state index contributed by atoms with van der Waals surface area (Å²) in [5, 5.41) is 13.8. The van der Waals surface area contributed by atoms with Gasteiger partial charge in [0.25, 0.3) is 0 Å². The third-order valence-electron chi connectivity index (χ3n) is 3.00. The van der Waals surface area contributed by atoms with E-state index in [9.17, 15) is 5.11 Å². The highest BCUT2D eigenvalue weighted by molar-refractivity contribution is 9.10. The van der Waals surface area contributed by atoms with Crippen molar-refractivity contribution in [3.05, 3.63) is 51.0 Å². The fourth-order valence-electron chi connectivity index (χ4n) is 2.03. The Morgan fingerprint density at radius 3 is 2.76 bits per heavy atom. The second kappa shape index (κ2) is 7.05. The zero-order chi connectivity index (χ0) is 15.4. The molecule has 0 amide bonds. The quantitative estimate of drug-likeness (QED) is 0.767. The predicted molar refractivity (Wildman–Crippen MR) is 90.5 cm³/mol. The van der Waals surface area contributed by atoms with Gasteiger partial charge in [0.1, 0.15) is 5.75 Å². The average Bonchev–Trinajstić information content (AvgIpc) is 2.43. The van der Waals surface area contributed by atoms with Crippen molar-refractivity contribution in [3.63, 3.8) is 0 Å². The van der Waals surface area contributed by atoms with E-state index < -0.39 is 0 Å². The maximum Gasteiger partial charge on any atom is 0.156 e. The van der Waals surface area contributed by atoms with E-state index in [0.717, 1.165) is 21.3 Å². The molecular weight excluding hydrogens is 354 g/mol. The van der Waals surface area contributed by atoms with Crippen molar-refractivity contribution >= 4 is 33.2 Å². The fraction of sp³-hybridized carbons (Fsp3) is 0.250. The van der Waals surface area contributed by atoms with Gasteiger partial charge in [0, 0.05) is 17.1 Å². The summed E-state index contributed by atoms with van der Waals surface area (Å²) in [7, 11) is 0. The van der Waals surface area contributed by atoms with Crippen LogP contribution in [0.1, 0.15) is 18.1 Å². The molecule has 0 aliphatic rings. The molecule has 0 aliphatic carbocycles. The maximum atomic E-state index is 9.89. The molecule has 0 aliphatic heterocycles. The van der Waals surface area contributed by atoms with Crippen LogP contribution in [-0.4, -0.2) is 11.7 Å². The first-order valence-electron chi connectivity index (χ1n) is 6.65. The van der Waals surface area contributed by atoms with Gasteiger partial charge >= 0.3 is 0 Å². The second-order valence-electron chi connectivity index (χ2n) is 4.68. The predicted octanol–water partition coefficient (Wildman–Crippen LogP) is 5.13. The van der Waals surface area contributed by atoms with Crippen LogP contribution in [0, 0.1) is 6.92 Å². The number of aryl methyl sites for hydroxylation is 1. The molecule has 3 nitrogen and oxygen atoms in total. The van der Waals surface area contributed by atoms with Crippen LogP contribution in [0.3, 0.4) is 0 Å². The lowest BCUT2D eigenvalue weighted by Gasteiger charge is -2.15. The smallest absolute Gasteiger partial charge is 0.156 e. The first kappa shape index (κ1) is 16.0. The van der Waals surface area contributed by atoms with E-state index in [-0.39, 0.29) is 5.75 Å². The van der Waals surface area contributed by atoms with Gasteiger partial charge in [0.15, 0.2) is 5.75 Å². The number of hydrogen-bond donors (Lipinski definition) is 2. The zero-order valence-electron chi connectivity index (χ0n) is 11.9. The van der Waals surface area contributed by atoms with Crippen LogP contribution in [0.5, 0.6) is 11.5 Å². The Labute approximate surface area is 138 Å². The summed E-state index contributed by atoms with van der Waals surface area (Å²) >= 11 is 9.54. The molecule has 0 saturated carbocycles. The lowest BCUT2D eigenvalue weighted by atomic mass is 10.1. The Morgan fingerprint density at radius 2 is 2.05 bits per heavy atom. The number of rotatable bonds is 5. The normalized spacial score (nSPS) is 10.5. The minimum atomic E-state index is 0.271. The fourth-order valence-corrected chi connectivity index (χ4v) is 2.95. The van der Waals surface area contributed by atoms with Crippen LogP contribution in [-0.2, 0) is 6.54 Å². The molecule has 112 valence electrons. The molecule has 21 heavy (non-hydrogen) atoms. The van der Waals surface area contributed by atoms with Gasteiger partial charge in [0.05, 0.1) is 16.8 Å². The first-order chi connectivity index (χ1) is 10.0. The third kappa shape index (κ3) is 4.05. The van der Waals surface area contributed by atoms with Crippen LogP contribution < -0.4 is 10.1 Å². The van der Waals surface area contributed by atoms with E-state index in [1.54, 1.807) is 12.1 Å². The number of halogens is 2. The van der Waals surface area contributed by atoms with Crippen LogP contribution in [0.25, 0.3) is 0 Å². The van der Waals surface area contributed by atoms with Crippen molar-refractivity contribution in [2.24, 2.45) is 0 Å². The summed E-state index contributed by atoms with van der Waals surface area (Å²) in [6.45, 7) is 4.97. The van der Waals surface area contributed by atoms with Crippen molar-refractivity contribution in [2.45, 2.75) is 20.4 Å². The van der Waals surface area contributed by atoms with Crippen LogP contribution in [0.4, 0.5) is 5.69 Å². The highest BCUT2D eigenvalue weighted by atomic mass is 79.9. The van der Waals surface area contributed by atoms with Crippen molar-refractivity contribution in [1.82, 2.24) is 0 Å². The number of aromatic hydroxyl groups is 1. The summed E-state index contributed by atoms with van der Waals surface area (Å²) in [4.78, 5) is 0. The maximum absolute atomic E-state index is 9.89. The molecule has 2 rings (SSSR count). The standard InChI is InChI=1S/C16H17BrClNO2/c1-3-21-16-13(17)7-12(18)8-14(16)19-9-11-6-10(2)4-5-15(11)20/h4-8,19-20H,3,9H2,1-2H3. The summed E-state index contributed by atoms with van der Waals surface area (Å²) in [5.41, 5.74) is 2.72. The van der Waals surface area contributed by atoms with E-state index in [1.807, 2.05) is 32.0 Å². The van der Waals surface area contributed by atoms with Gasteiger partial charge in [-0.15, -0.1) is 0 Å². The molecule has 0 spiro atoms. The third-order valence-corrected chi connectivity index (χ3v) is 3.81. The Hall–Kier alpha value is -1.39. The molecule has 0 atom stereocenters. The summed E-state index contributed by atoms with van der Waals surface area (Å²) in [6, 6.07) is 9.12. The molecule has 0 fully saturated rings. The molecule has 0 saturated heterocycles. The highest BCUT2D eigenvalue weighted by Crippen LogP contribution is 2.37. The van der Waals surface area contributed by atoms with Crippen molar-refractivity contribution in [2.75, 3.05) is 11.9 Å². The summed E-state index contributed by atoms with van der Waals surface area (Å²) in [5.74, 6) is 0.987. The Kier molecular flexibility index (Phi) is 5.37. The molecule has 0 bridgehead atoms. The molecule has 0 heterocycles. The number of hydrogen-bond acceptors (Lipinski definition) is 3. The van der Waals surface area contributed by atoms with E-state index >= 15 is 0 Å². The van der Waals surface area contributed by atoms with Crippen molar-refractivity contribution < 1.29 is 9.84 Å². The summed E-state index contributed by atoms with van der Waals surface area (Å²) in [6.07, 6.45) is 0. The minimum absolute atomic E-state index is 0.271. The lowest BCUT2D eigenvalue weighted by Crippen LogP contribution is -2.04. The average molecular weight is 371 g/mol. The number of nitrogens with one attached hydrogen (secondary N) is 1. The highest BCUT2D eigenvalue weighted by Gasteiger charge is 2.11. The van der Waals surface area contributed by atoms with Crippen LogP contribution in [0.15, 0.2) is 34.8 Å². The molecule has 2 N–H and O–H groups in total. The largest absolute Gasteiger partial charge is 0.508 e. The van der Waals surface area contributed by atoms with Gasteiger partial charge in [-0.2, -0.15) is 0 Å². The van der Waals surface area contributed by atoms with Gasteiger partial charge in [-0.1, -0.05) is 29.3 Å². The summed E-state index contributed by atoms with van der Waals surface area (Å²) < 4.78 is 6.43. The van der Waals surface area contributed by atoms with Crippen LogP contribution in [0.2, 0.25) is 5.02 Å². The Morgan fingerprint density at radius 1 is 1.29 bits per heavy atom. The van der Waals surface area contributed by atoms with E-state index in [2.05, 4.69) is 21.2 Å². The Bertz CT molecular complexity index is 646. The monoisotopic (exact) mass is 369 g/mol. The van der Waals surface area contributed by atoms with Crippen LogP contribution >= 0.6 is 27.5 Å². The lowest BCUT2D eigenvalue weighted by molar-refractivity contribution is 0.339. The second-order valence-corrected chi connectivity index (χ2v) is 5.97. The SMILES string of the molecule is CCOc1c(Br)cc(Cl)cc1NCc1cc(C)ccc1O. The number of ether oxygens (including phenoxy) is 1. The molecular formula is C16H17BrClNO2.